The zero-order valence-corrected chi connectivity index (χ0v) is 16.1. The van der Waals surface area contributed by atoms with Crippen molar-refractivity contribution in [2.75, 3.05) is 12.0 Å². The van der Waals surface area contributed by atoms with Crippen molar-refractivity contribution >= 4 is 34.0 Å². The molecule has 0 aliphatic carbocycles. The number of methoxy groups -OCH3 is 1. The molecule has 3 rings (SSSR count). The maximum absolute atomic E-state index is 12.3. The number of ether oxygens (including phenoxy) is 2. The Balaban J connectivity index is 1.73. The van der Waals surface area contributed by atoms with E-state index in [2.05, 4.69) is 4.98 Å². The molecule has 8 heteroatoms. The van der Waals surface area contributed by atoms with E-state index in [0.29, 0.717) is 16.5 Å². The van der Waals surface area contributed by atoms with E-state index in [-0.39, 0.29) is 29.6 Å². The number of hydrogen-bond acceptors (Lipinski definition) is 7. The summed E-state index contributed by atoms with van der Waals surface area (Å²) in [5.74, 6) is -0.964. The largest absolute Gasteiger partial charge is 0.504 e. The number of carbonyl (C=O) groups excluding carboxylic acids is 2. The first-order valence-electron chi connectivity index (χ1n) is 8.34. The van der Waals surface area contributed by atoms with Gasteiger partial charge in [-0.2, -0.15) is 0 Å². The predicted octanol–water partition coefficient (Wildman–Crippen LogP) is 3.90. The first-order valence-corrected chi connectivity index (χ1v) is 9.22. The minimum atomic E-state index is -0.697. The SMILES string of the molecule is COc1cccc(C(=O)OCc2csc(N(C(C)=O)c3ccccc3)n2)c1O. The number of carbonyl (C=O) groups is 2. The average molecular weight is 398 g/mol. The Morgan fingerprint density at radius 3 is 2.57 bits per heavy atom. The maximum atomic E-state index is 12.3. The second-order valence-electron chi connectivity index (χ2n) is 5.74. The summed E-state index contributed by atoms with van der Waals surface area (Å²) in [6, 6.07) is 13.7. The Labute approximate surface area is 165 Å². The number of hydrogen-bond donors (Lipinski definition) is 1. The summed E-state index contributed by atoms with van der Waals surface area (Å²) >= 11 is 1.27. The highest BCUT2D eigenvalue weighted by molar-refractivity contribution is 7.14. The van der Waals surface area contributed by atoms with Crippen molar-refractivity contribution in [1.29, 1.82) is 0 Å². The number of phenolic OH excluding ortho intramolecular Hbond substituents is 1. The number of phenols is 1. The van der Waals surface area contributed by atoms with Crippen LogP contribution in [0.2, 0.25) is 0 Å². The second-order valence-corrected chi connectivity index (χ2v) is 6.58. The first-order chi connectivity index (χ1) is 13.5. The number of thiazole rings is 1. The molecule has 1 aromatic heterocycles. The number of nitrogens with zero attached hydrogens (tertiary/aromatic N) is 2. The third-order valence-electron chi connectivity index (χ3n) is 3.85. The van der Waals surface area contributed by atoms with E-state index in [1.165, 1.54) is 36.3 Å². The van der Waals surface area contributed by atoms with Crippen molar-refractivity contribution in [3.8, 4) is 11.5 Å². The van der Waals surface area contributed by atoms with Crippen molar-refractivity contribution in [1.82, 2.24) is 4.98 Å². The van der Waals surface area contributed by atoms with E-state index < -0.39 is 5.97 Å². The molecule has 1 N–H and O–H groups in total. The normalized spacial score (nSPS) is 10.4. The number of aromatic hydroxyl groups is 1. The molecular weight excluding hydrogens is 380 g/mol. The van der Waals surface area contributed by atoms with Gasteiger partial charge in [0.05, 0.1) is 18.5 Å². The summed E-state index contributed by atoms with van der Waals surface area (Å²) in [5.41, 5.74) is 1.21. The topological polar surface area (TPSA) is 89.0 Å². The summed E-state index contributed by atoms with van der Waals surface area (Å²) < 4.78 is 10.2. The van der Waals surface area contributed by atoms with Crippen molar-refractivity contribution in [3.05, 3.63) is 65.2 Å². The number of rotatable bonds is 6. The third-order valence-corrected chi connectivity index (χ3v) is 4.72. The summed E-state index contributed by atoms with van der Waals surface area (Å²) in [5, 5.41) is 12.2. The van der Waals surface area contributed by atoms with Crippen LogP contribution < -0.4 is 9.64 Å². The van der Waals surface area contributed by atoms with Crippen LogP contribution in [0.15, 0.2) is 53.9 Å². The van der Waals surface area contributed by atoms with E-state index >= 15 is 0 Å². The van der Waals surface area contributed by atoms with Gasteiger partial charge in [-0.15, -0.1) is 11.3 Å². The van der Waals surface area contributed by atoms with E-state index in [0.717, 1.165) is 0 Å². The molecule has 7 nitrogen and oxygen atoms in total. The van der Waals surface area contributed by atoms with Crippen LogP contribution in [0, 0.1) is 0 Å². The zero-order valence-electron chi connectivity index (χ0n) is 15.3. The molecule has 0 spiro atoms. The molecule has 0 unspecified atom stereocenters. The minimum Gasteiger partial charge on any atom is -0.504 e. The third kappa shape index (κ3) is 4.12. The summed E-state index contributed by atoms with van der Waals surface area (Å²) in [4.78, 5) is 30.2. The van der Waals surface area contributed by atoms with Gasteiger partial charge in [0.1, 0.15) is 12.2 Å². The van der Waals surface area contributed by atoms with Crippen LogP contribution in [-0.4, -0.2) is 29.1 Å². The highest BCUT2D eigenvalue weighted by Crippen LogP contribution is 2.31. The number of para-hydroxylation sites is 2. The maximum Gasteiger partial charge on any atom is 0.342 e. The molecular formula is C20H18N2O5S. The molecule has 0 saturated carbocycles. The number of anilines is 2. The first kappa shape index (κ1) is 19.4. The lowest BCUT2D eigenvalue weighted by atomic mass is 10.2. The summed E-state index contributed by atoms with van der Waals surface area (Å²) in [6.45, 7) is 1.37. The van der Waals surface area contributed by atoms with Gasteiger partial charge >= 0.3 is 5.97 Å². The number of benzene rings is 2. The molecule has 28 heavy (non-hydrogen) atoms. The molecule has 0 atom stereocenters. The quantitative estimate of drug-likeness (QED) is 0.634. The van der Waals surface area contributed by atoms with Crippen LogP contribution in [0.25, 0.3) is 0 Å². The highest BCUT2D eigenvalue weighted by atomic mass is 32.1. The zero-order chi connectivity index (χ0) is 20.1. The van der Waals surface area contributed by atoms with Gasteiger partial charge in [-0.25, -0.2) is 9.78 Å². The van der Waals surface area contributed by atoms with Crippen molar-refractivity contribution in [2.24, 2.45) is 0 Å². The number of aromatic nitrogens is 1. The van der Waals surface area contributed by atoms with Gasteiger partial charge in [-0.3, -0.25) is 9.69 Å². The lowest BCUT2D eigenvalue weighted by Crippen LogP contribution is -2.22. The van der Waals surface area contributed by atoms with E-state index in [4.69, 9.17) is 9.47 Å². The summed E-state index contributed by atoms with van der Waals surface area (Å²) in [6.07, 6.45) is 0. The van der Waals surface area contributed by atoms with Crippen LogP contribution in [0.1, 0.15) is 23.0 Å². The van der Waals surface area contributed by atoms with E-state index in [1.54, 1.807) is 17.5 Å². The molecule has 0 fully saturated rings. The summed E-state index contributed by atoms with van der Waals surface area (Å²) in [7, 11) is 1.40. The van der Waals surface area contributed by atoms with Crippen molar-refractivity contribution < 1.29 is 24.2 Å². The lowest BCUT2D eigenvalue weighted by molar-refractivity contribution is -0.115. The van der Waals surface area contributed by atoms with Gasteiger partial charge in [0.2, 0.25) is 5.91 Å². The Kier molecular flexibility index (Phi) is 5.90. The Morgan fingerprint density at radius 1 is 1.14 bits per heavy atom. The molecule has 0 aliphatic rings. The molecule has 2 aromatic carbocycles. The fraction of sp³-hybridized carbons (Fsp3) is 0.150. The highest BCUT2D eigenvalue weighted by Gasteiger charge is 2.19. The Bertz CT molecular complexity index is 987. The molecule has 1 amide bonds. The molecule has 0 radical (unpaired) electrons. The molecule has 3 aromatic rings. The van der Waals surface area contributed by atoms with Gasteiger partial charge in [0.25, 0.3) is 0 Å². The standard InChI is InChI=1S/C20H18N2O5S/c1-13(23)22(15-7-4-3-5-8-15)20-21-14(12-28-20)11-27-19(25)16-9-6-10-17(26-2)18(16)24/h3-10,12,24H,11H2,1-2H3. The van der Waals surface area contributed by atoms with Crippen molar-refractivity contribution in [3.63, 3.8) is 0 Å². The Morgan fingerprint density at radius 2 is 1.89 bits per heavy atom. The fourth-order valence-electron chi connectivity index (χ4n) is 2.54. The second kappa shape index (κ2) is 8.53. The van der Waals surface area contributed by atoms with E-state index in [9.17, 15) is 14.7 Å². The molecule has 0 aliphatic heterocycles. The van der Waals surface area contributed by atoms with Crippen LogP contribution in [0.3, 0.4) is 0 Å². The predicted molar refractivity (Wildman–Crippen MR) is 105 cm³/mol. The van der Waals surface area contributed by atoms with Crippen LogP contribution >= 0.6 is 11.3 Å². The monoisotopic (exact) mass is 398 g/mol. The fourth-order valence-corrected chi connectivity index (χ4v) is 3.41. The van der Waals surface area contributed by atoms with Crippen LogP contribution in [0.5, 0.6) is 11.5 Å². The van der Waals surface area contributed by atoms with Gasteiger partial charge < -0.3 is 14.6 Å². The van der Waals surface area contributed by atoms with Gasteiger partial charge in [0.15, 0.2) is 16.6 Å². The smallest absolute Gasteiger partial charge is 0.342 e. The van der Waals surface area contributed by atoms with Crippen LogP contribution in [-0.2, 0) is 16.1 Å². The lowest BCUT2D eigenvalue weighted by Gasteiger charge is -2.17. The van der Waals surface area contributed by atoms with Crippen LogP contribution in [0.4, 0.5) is 10.8 Å². The Hall–Kier alpha value is -3.39. The molecule has 144 valence electrons. The number of amides is 1. The van der Waals surface area contributed by atoms with E-state index in [1.807, 2.05) is 30.3 Å². The molecule has 0 bridgehead atoms. The number of esters is 1. The van der Waals surface area contributed by atoms with Gasteiger partial charge in [-0.1, -0.05) is 24.3 Å². The van der Waals surface area contributed by atoms with Gasteiger partial charge in [-0.05, 0) is 24.3 Å². The van der Waals surface area contributed by atoms with Gasteiger partial charge in [0, 0.05) is 12.3 Å². The minimum absolute atomic E-state index is 0.00412. The molecule has 1 heterocycles. The molecule has 0 saturated heterocycles. The average Bonchev–Trinajstić information content (AvgIpc) is 3.15. The van der Waals surface area contributed by atoms with Crippen molar-refractivity contribution in [2.45, 2.75) is 13.5 Å².